The first-order valence-electron chi connectivity index (χ1n) is 3.87. The van der Waals surface area contributed by atoms with E-state index in [2.05, 4.69) is 22.6 Å². The van der Waals surface area contributed by atoms with Gasteiger partial charge in [0.1, 0.15) is 5.75 Å². The lowest BCUT2D eigenvalue weighted by Gasteiger charge is -2.04. The largest absolute Gasteiger partial charge is 0.490 e. The molecule has 1 aliphatic rings. The second kappa shape index (κ2) is 3.42. The van der Waals surface area contributed by atoms with Gasteiger partial charge in [-0.2, -0.15) is 0 Å². The molecule has 0 spiro atoms. The molecule has 1 nitrogen and oxygen atoms in total. The van der Waals surface area contributed by atoms with Gasteiger partial charge in [0.2, 0.25) is 0 Å². The Kier molecular flexibility index (Phi) is 2.46. The average molecular weight is 295 g/mol. The first-order chi connectivity index (χ1) is 5.74. The van der Waals surface area contributed by atoms with Crippen molar-refractivity contribution in [1.82, 2.24) is 0 Å². The smallest absolute Gasteiger partial charge is 0.122 e. The monoisotopic (exact) mass is 294 g/mol. The summed E-state index contributed by atoms with van der Waals surface area (Å²) in [5, 5.41) is 0.748. The Morgan fingerprint density at radius 2 is 2.08 bits per heavy atom. The van der Waals surface area contributed by atoms with Gasteiger partial charge >= 0.3 is 0 Å². The summed E-state index contributed by atoms with van der Waals surface area (Å²) in [6.45, 7) is 0. The van der Waals surface area contributed by atoms with Gasteiger partial charge in [0, 0.05) is 8.59 Å². The lowest BCUT2D eigenvalue weighted by atomic mass is 10.3. The highest BCUT2D eigenvalue weighted by Crippen LogP contribution is 2.29. The summed E-state index contributed by atoms with van der Waals surface area (Å²) in [7, 11) is 0. The van der Waals surface area contributed by atoms with Crippen LogP contribution >= 0.6 is 34.2 Å². The minimum absolute atomic E-state index is 0.444. The Morgan fingerprint density at radius 1 is 1.33 bits per heavy atom. The van der Waals surface area contributed by atoms with Gasteiger partial charge in [0.25, 0.3) is 0 Å². The summed E-state index contributed by atoms with van der Waals surface area (Å²) in [4.78, 5) is 0. The fourth-order valence-corrected chi connectivity index (χ4v) is 2.03. The maximum absolute atomic E-state index is 5.87. The number of hydrogen-bond acceptors (Lipinski definition) is 1. The van der Waals surface area contributed by atoms with Crippen molar-refractivity contribution in [3.63, 3.8) is 0 Å². The molecule has 1 aromatic rings. The Labute approximate surface area is 90.2 Å². The van der Waals surface area contributed by atoms with Crippen LogP contribution in [-0.2, 0) is 0 Å². The fraction of sp³-hybridized carbons (Fsp3) is 0.333. The van der Waals surface area contributed by atoms with Crippen LogP contribution < -0.4 is 4.74 Å². The molecule has 64 valence electrons. The second-order valence-electron chi connectivity index (χ2n) is 2.92. The standard InChI is InChI=1S/C9H8ClIO/c10-6-3-7(11)5-9(4-6)12-8-1-2-8/h3-5,8H,1-2H2. The Balaban J connectivity index is 2.18. The van der Waals surface area contributed by atoms with Crippen LogP contribution in [0.1, 0.15) is 12.8 Å². The first kappa shape index (κ1) is 8.63. The minimum Gasteiger partial charge on any atom is -0.490 e. The van der Waals surface area contributed by atoms with Crippen molar-refractivity contribution in [3.05, 3.63) is 26.8 Å². The number of halogens is 2. The van der Waals surface area contributed by atoms with E-state index >= 15 is 0 Å². The first-order valence-corrected chi connectivity index (χ1v) is 5.32. The highest BCUT2D eigenvalue weighted by molar-refractivity contribution is 14.1. The maximum atomic E-state index is 5.87. The molecule has 12 heavy (non-hydrogen) atoms. The molecule has 0 saturated heterocycles. The van der Waals surface area contributed by atoms with Gasteiger partial charge in [-0.3, -0.25) is 0 Å². The highest BCUT2D eigenvalue weighted by Gasteiger charge is 2.23. The lowest BCUT2D eigenvalue weighted by Crippen LogP contribution is -1.95. The molecule has 0 aliphatic heterocycles. The zero-order valence-corrected chi connectivity index (χ0v) is 9.30. The highest BCUT2D eigenvalue weighted by atomic mass is 127. The molecule has 1 fully saturated rings. The van der Waals surface area contributed by atoms with Crippen LogP contribution in [0, 0.1) is 3.57 Å². The van der Waals surface area contributed by atoms with E-state index in [4.69, 9.17) is 16.3 Å². The molecular weight excluding hydrogens is 286 g/mol. The number of hydrogen-bond donors (Lipinski definition) is 0. The topological polar surface area (TPSA) is 9.23 Å². The van der Waals surface area contributed by atoms with Crippen LogP contribution in [0.2, 0.25) is 5.02 Å². The van der Waals surface area contributed by atoms with Crippen LogP contribution in [0.3, 0.4) is 0 Å². The van der Waals surface area contributed by atoms with E-state index in [0.29, 0.717) is 6.10 Å². The third kappa shape index (κ3) is 2.26. The molecule has 0 heterocycles. The molecule has 0 unspecified atom stereocenters. The second-order valence-corrected chi connectivity index (χ2v) is 4.60. The zero-order valence-electron chi connectivity index (χ0n) is 6.39. The van der Waals surface area contributed by atoms with E-state index in [-0.39, 0.29) is 0 Å². The van der Waals surface area contributed by atoms with E-state index in [9.17, 15) is 0 Å². The molecule has 0 radical (unpaired) electrons. The number of rotatable bonds is 2. The van der Waals surface area contributed by atoms with Crippen molar-refractivity contribution in [1.29, 1.82) is 0 Å². The molecule has 0 amide bonds. The van der Waals surface area contributed by atoms with Crippen LogP contribution in [0.25, 0.3) is 0 Å². The van der Waals surface area contributed by atoms with Crippen LogP contribution in [-0.4, -0.2) is 6.10 Å². The van der Waals surface area contributed by atoms with Crippen LogP contribution in [0.4, 0.5) is 0 Å². The van der Waals surface area contributed by atoms with Gasteiger partial charge in [0.15, 0.2) is 0 Å². The normalized spacial score (nSPS) is 16.2. The van der Waals surface area contributed by atoms with E-state index in [0.717, 1.165) is 14.3 Å². The number of ether oxygens (including phenoxy) is 1. The fourth-order valence-electron chi connectivity index (χ4n) is 0.975. The van der Waals surface area contributed by atoms with E-state index < -0.39 is 0 Å². The summed E-state index contributed by atoms with van der Waals surface area (Å²) < 4.78 is 6.72. The molecule has 1 aromatic carbocycles. The Bertz CT molecular complexity index is 276. The quantitative estimate of drug-likeness (QED) is 0.759. The van der Waals surface area contributed by atoms with Crippen molar-refractivity contribution in [2.75, 3.05) is 0 Å². The minimum atomic E-state index is 0.444. The van der Waals surface area contributed by atoms with Crippen molar-refractivity contribution in [3.8, 4) is 5.75 Å². The zero-order chi connectivity index (χ0) is 8.55. The molecular formula is C9H8ClIO. The summed E-state index contributed by atoms with van der Waals surface area (Å²) >= 11 is 8.10. The molecule has 3 heteroatoms. The van der Waals surface area contributed by atoms with Crippen molar-refractivity contribution in [2.45, 2.75) is 18.9 Å². The van der Waals surface area contributed by atoms with Crippen LogP contribution in [0.5, 0.6) is 5.75 Å². The Morgan fingerprint density at radius 3 is 2.67 bits per heavy atom. The van der Waals surface area contributed by atoms with E-state index in [1.54, 1.807) is 0 Å². The van der Waals surface area contributed by atoms with Crippen molar-refractivity contribution in [2.24, 2.45) is 0 Å². The molecule has 2 rings (SSSR count). The lowest BCUT2D eigenvalue weighted by molar-refractivity contribution is 0.303. The summed E-state index contributed by atoms with van der Waals surface area (Å²) in [6, 6.07) is 5.79. The molecule has 0 bridgehead atoms. The average Bonchev–Trinajstić information content (AvgIpc) is 2.68. The van der Waals surface area contributed by atoms with Gasteiger partial charge in [0.05, 0.1) is 6.10 Å². The summed E-state index contributed by atoms with van der Waals surface area (Å²) in [5.41, 5.74) is 0. The van der Waals surface area contributed by atoms with Gasteiger partial charge in [-0.05, 0) is 53.6 Å². The Hall–Kier alpha value is 0.0400. The van der Waals surface area contributed by atoms with Crippen molar-refractivity contribution >= 4 is 34.2 Å². The maximum Gasteiger partial charge on any atom is 0.122 e. The van der Waals surface area contributed by atoms with Gasteiger partial charge in [-0.15, -0.1) is 0 Å². The molecule has 0 atom stereocenters. The van der Waals surface area contributed by atoms with Gasteiger partial charge in [-0.1, -0.05) is 11.6 Å². The van der Waals surface area contributed by atoms with Gasteiger partial charge < -0.3 is 4.74 Å². The van der Waals surface area contributed by atoms with Gasteiger partial charge in [-0.25, -0.2) is 0 Å². The van der Waals surface area contributed by atoms with Crippen LogP contribution in [0.15, 0.2) is 18.2 Å². The molecule has 0 aromatic heterocycles. The molecule has 0 N–H and O–H groups in total. The summed E-state index contributed by atoms with van der Waals surface area (Å²) in [5.74, 6) is 0.898. The third-order valence-corrected chi connectivity index (χ3v) is 2.50. The van der Waals surface area contributed by atoms with E-state index in [1.165, 1.54) is 12.8 Å². The van der Waals surface area contributed by atoms with Crippen molar-refractivity contribution < 1.29 is 4.74 Å². The predicted molar refractivity (Wildman–Crippen MR) is 57.8 cm³/mol. The predicted octanol–water partition coefficient (Wildman–Crippen LogP) is 3.49. The molecule has 1 saturated carbocycles. The third-order valence-electron chi connectivity index (χ3n) is 1.66. The molecule has 1 aliphatic carbocycles. The SMILES string of the molecule is Clc1cc(I)cc(OC2CC2)c1. The summed E-state index contributed by atoms with van der Waals surface area (Å²) in [6.07, 6.45) is 2.81. The van der Waals surface area contributed by atoms with E-state index in [1.807, 2.05) is 18.2 Å². The number of benzene rings is 1.